The van der Waals surface area contributed by atoms with Crippen LogP contribution in [0.4, 0.5) is 5.69 Å². The Hall–Kier alpha value is -3.68. The molecule has 228 valence electrons. The molecule has 0 amide bonds. The summed E-state index contributed by atoms with van der Waals surface area (Å²) in [5.41, 5.74) is 10.1. The van der Waals surface area contributed by atoms with E-state index < -0.39 is 0 Å². The van der Waals surface area contributed by atoms with Crippen LogP contribution in [0.25, 0.3) is 11.3 Å². The molecule has 0 unspecified atom stereocenters. The molecule has 0 saturated heterocycles. The van der Waals surface area contributed by atoms with Crippen molar-refractivity contribution in [2.24, 2.45) is 0 Å². The first-order chi connectivity index (χ1) is 20.1. The molecule has 2 aromatic rings. The lowest BCUT2D eigenvalue weighted by atomic mass is 10.0. The van der Waals surface area contributed by atoms with Gasteiger partial charge in [0.1, 0.15) is 0 Å². The molecule has 0 atom stereocenters. The molecule has 0 aromatic heterocycles. The summed E-state index contributed by atoms with van der Waals surface area (Å²) in [4.78, 5) is 0. The zero-order valence-electron chi connectivity index (χ0n) is 27.2. The van der Waals surface area contributed by atoms with Crippen LogP contribution >= 0.6 is 15.9 Å². The monoisotopic (exact) mass is 631 g/mol. The number of aryl methyl sites for hydroxylation is 1. The van der Waals surface area contributed by atoms with Crippen LogP contribution in [0.2, 0.25) is 0 Å². The highest BCUT2D eigenvalue weighted by Crippen LogP contribution is 2.20. The minimum absolute atomic E-state index is 0.910. The van der Waals surface area contributed by atoms with Gasteiger partial charge >= 0.3 is 0 Å². The van der Waals surface area contributed by atoms with Crippen molar-refractivity contribution in [1.29, 1.82) is 0 Å². The molecule has 0 radical (unpaired) electrons. The summed E-state index contributed by atoms with van der Waals surface area (Å²) in [5, 5.41) is 10.2. The molecular formula is C38H54BrN3. The number of hydrogen-bond acceptors (Lipinski definition) is 3. The summed E-state index contributed by atoms with van der Waals surface area (Å²) in [6.45, 7) is 32.0. The lowest BCUT2D eigenvalue weighted by molar-refractivity contribution is 0.652. The van der Waals surface area contributed by atoms with E-state index in [1.54, 1.807) is 6.08 Å². The van der Waals surface area contributed by atoms with Gasteiger partial charge in [0.05, 0.1) is 0 Å². The number of terminal acetylenes is 1. The Kier molecular flexibility index (Phi) is 24.1. The van der Waals surface area contributed by atoms with Gasteiger partial charge in [0.2, 0.25) is 0 Å². The molecular weight excluding hydrogens is 578 g/mol. The zero-order valence-corrected chi connectivity index (χ0v) is 28.8. The maximum absolute atomic E-state index is 4.25. The molecule has 0 fully saturated rings. The molecule has 0 aliphatic heterocycles. The minimum atomic E-state index is 0.910. The van der Waals surface area contributed by atoms with Gasteiger partial charge in [0.25, 0.3) is 0 Å². The van der Waals surface area contributed by atoms with Crippen molar-refractivity contribution in [2.45, 2.75) is 67.7 Å². The summed E-state index contributed by atoms with van der Waals surface area (Å²) in [7, 11) is 0. The van der Waals surface area contributed by atoms with E-state index in [9.17, 15) is 0 Å². The van der Waals surface area contributed by atoms with E-state index in [1.165, 1.54) is 22.4 Å². The van der Waals surface area contributed by atoms with Crippen LogP contribution in [0, 0.1) is 19.8 Å². The Bertz CT molecular complexity index is 1180. The second kappa shape index (κ2) is 25.1. The molecule has 42 heavy (non-hydrogen) atoms. The molecule has 0 saturated carbocycles. The van der Waals surface area contributed by atoms with Crippen LogP contribution < -0.4 is 16.0 Å². The number of allylic oxidation sites excluding steroid dienone is 7. The maximum atomic E-state index is 4.25. The number of hydrogen-bond donors (Lipinski definition) is 3. The van der Waals surface area contributed by atoms with Crippen LogP contribution in [-0.2, 0) is 0 Å². The topological polar surface area (TPSA) is 36.1 Å². The summed E-state index contributed by atoms with van der Waals surface area (Å²) >= 11 is 3.30. The smallest absolute Gasteiger partial charge is 0.0381 e. The SMILES string of the molecule is C#C.C=C(C)Nc1ccc(C(=C)NCCCCN/C(=C/C(=C)c2ccccc2C)CC)cc1.C=CC(Br)=C(C)C.CC. The van der Waals surface area contributed by atoms with Crippen molar-refractivity contribution in [3.05, 3.63) is 125 Å². The second-order valence-electron chi connectivity index (χ2n) is 9.44. The highest BCUT2D eigenvalue weighted by molar-refractivity contribution is 9.11. The van der Waals surface area contributed by atoms with E-state index in [4.69, 9.17) is 0 Å². The van der Waals surface area contributed by atoms with Gasteiger partial charge in [-0.3, -0.25) is 0 Å². The second-order valence-corrected chi connectivity index (χ2v) is 10.3. The largest absolute Gasteiger partial charge is 0.388 e. The van der Waals surface area contributed by atoms with Crippen LogP contribution in [-0.4, -0.2) is 13.1 Å². The van der Waals surface area contributed by atoms with E-state index in [0.717, 1.165) is 65.1 Å². The summed E-state index contributed by atoms with van der Waals surface area (Å²) in [5.74, 6) is 0. The van der Waals surface area contributed by atoms with Crippen LogP contribution in [0.15, 0.2) is 108 Å². The van der Waals surface area contributed by atoms with Gasteiger partial charge in [-0.25, -0.2) is 0 Å². The number of halogens is 1. The predicted molar refractivity (Wildman–Crippen MR) is 196 cm³/mol. The third kappa shape index (κ3) is 17.9. The molecule has 2 aromatic carbocycles. The van der Waals surface area contributed by atoms with Crippen molar-refractivity contribution in [3.8, 4) is 12.8 Å². The minimum Gasteiger partial charge on any atom is -0.388 e. The van der Waals surface area contributed by atoms with Crippen LogP contribution in [0.5, 0.6) is 0 Å². The maximum Gasteiger partial charge on any atom is 0.0381 e. The van der Waals surface area contributed by atoms with Gasteiger partial charge < -0.3 is 16.0 Å². The van der Waals surface area contributed by atoms with Crippen molar-refractivity contribution in [1.82, 2.24) is 10.6 Å². The van der Waals surface area contributed by atoms with Crippen molar-refractivity contribution >= 4 is 32.9 Å². The van der Waals surface area contributed by atoms with E-state index in [-0.39, 0.29) is 0 Å². The third-order valence-corrected chi connectivity index (χ3v) is 6.88. The van der Waals surface area contributed by atoms with E-state index >= 15 is 0 Å². The van der Waals surface area contributed by atoms with Crippen molar-refractivity contribution in [2.75, 3.05) is 18.4 Å². The molecule has 0 aliphatic carbocycles. The molecule has 0 spiro atoms. The Morgan fingerprint density at radius 1 is 0.881 bits per heavy atom. The fraction of sp³-hybridized carbons (Fsp3) is 0.316. The number of nitrogens with one attached hydrogen (secondary N) is 3. The summed E-state index contributed by atoms with van der Waals surface area (Å²) < 4.78 is 1.09. The fourth-order valence-corrected chi connectivity index (χ4v) is 3.54. The highest BCUT2D eigenvalue weighted by atomic mass is 79.9. The Morgan fingerprint density at radius 3 is 1.88 bits per heavy atom. The van der Waals surface area contributed by atoms with Gasteiger partial charge in [-0.1, -0.05) is 111 Å². The van der Waals surface area contributed by atoms with Crippen LogP contribution in [0.1, 0.15) is 77.5 Å². The number of benzene rings is 2. The summed E-state index contributed by atoms with van der Waals surface area (Å²) in [6.07, 6.45) is 15.1. The van der Waals surface area contributed by atoms with E-state index in [1.807, 2.05) is 46.8 Å². The number of anilines is 1. The molecule has 0 heterocycles. The summed E-state index contributed by atoms with van der Waals surface area (Å²) in [6, 6.07) is 16.6. The quantitative estimate of drug-likeness (QED) is 0.110. The molecule has 3 N–H and O–H groups in total. The Labute approximate surface area is 266 Å². The van der Waals surface area contributed by atoms with Crippen LogP contribution in [0.3, 0.4) is 0 Å². The van der Waals surface area contributed by atoms with Crippen molar-refractivity contribution in [3.63, 3.8) is 0 Å². The van der Waals surface area contributed by atoms with Gasteiger partial charge in [-0.2, -0.15) is 0 Å². The number of rotatable bonds is 14. The van der Waals surface area contributed by atoms with Gasteiger partial charge in [0, 0.05) is 40.4 Å². The third-order valence-electron chi connectivity index (χ3n) is 5.76. The first kappa shape index (κ1) is 40.5. The molecule has 3 nitrogen and oxygen atoms in total. The van der Waals surface area contributed by atoms with Gasteiger partial charge in [0.15, 0.2) is 0 Å². The molecule has 0 aliphatic rings. The molecule has 0 bridgehead atoms. The van der Waals surface area contributed by atoms with E-state index in [2.05, 4.69) is 127 Å². The van der Waals surface area contributed by atoms with Gasteiger partial charge in [-0.15, -0.1) is 12.8 Å². The van der Waals surface area contributed by atoms with Crippen molar-refractivity contribution < 1.29 is 0 Å². The Balaban J connectivity index is 0. The molecule has 2 rings (SSSR count). The number of unbranched alkanes of at least 4 members (excludes halogenated alkanes) is 1. The van der Waals surface area contributed by atoms with E-state index in [0.29, 0.717) is 0 Å². The fourth-order valence-electron chi connectivity index (χ4n) is 3.54. The highest BCUT2D eigenvalue weighted by Gasteiger charge is 2.02. The van der Waals surface area contributed by atoms with Gasteiger partial charge in [-0.05, 0) is 87.4 Å². The first-order valence-electron chi connectivity index (χ1n) is 14.5. The lowest BCUT2D eigenvalue weighted by Gasteiger charge is -2.13. The Morgan fingerprint density at radius 2 is 1.43 bits per heavy atom. The predicted octanol–water partition coefficient (Wildman–Crippen LogP) is 11.0. The average molecular weight is 633 g/mol. The lowest BCUT2D eigenvalue weighted by Crippen LogP contribution is -2.18. The zero-order chi connectivity index (χ0) is 32.5. The standard InChI is InChI=1S/C28H37N3.C6H9Br.C2H6.C2H2/c1-7-26(20-23(5)28-13-9-8-12-22(28)4)30-19-11-10-18-29-24(6)25-14-16-27(17-15-25)31-21(2)3;1-4-6(7)5(2)3;2*1-2/h8-9,12-17,20,29-31H,2,5-7,10-11,18-19H2,1,3-4H3;4H,1H2,2-3H3;1-2H3;1-2H/b26-20+;;;. The molecule has 4 heteroatoms. The normalized spacial score (nSPS) is 9.62. The average Bonchev–Trinajstić information content (AvgIpc) is 3.00. The first-order valence-corrected chi connectivity index (χ1v) is 15.3.